The van der Waals surface area contributed by atoms with Gasteiger partial charge in [-0.25, -0.2) is 0 Å². The molecule has 0 saturated heterocycles. The number of amides is 1. The Morgan fingerprint density at radius 3 is 2.82 bits per heavy atom. The van der Waals surface area contributed by atoms with E-state index in [0.717, 1.165) is 35.4 Å². The van der Waals surface area contributed by atoms with Crippen molar-refractivity contribution in [2.24, 2.45) is 5.73 Å². The van der Waals surface area contributed by atoms with Gasteiger partial charge < -0.3 is 15.0 Å². The minimum atomic E-state index is -0.673. The molecule has 0 radical (unpaired) electrons. The lowest BCUT2D eigenvalue weighted by Gasteiger charge is -2.16. The molecule has 3 rings (SSSR count). The van der Waals surface area contributed by atoms with Crippen LogP contribution in [0, 0.1) is 0 Å². The van der Waals surface area contributed by atoms with Gasteiger partial charge in [-0.05, 0) is 25.3 Å². The molecule has 1 aromatic heterocycles. The second kappa shape index (κ2) is 5.67. The first-order valence-corrected chi connectivity index (χ1v) is 7.28. The van der Waals surface area contributed by atoms with Crippen LogP contribution in [0.5, 0.6) is 5.75 Å². The van der Waals surface area contributed by atoms with Crippen LogP contribution in [0.1, 0.15) is 33.6 Å². The van der Waals surface area contributed by atoms with Crippen LogP contribution in [0.15, 0.2) is 35.3 Å². The van der Waals surface area contributed by atoms with Gasteiger partial charge in [-0.3, -0.25) is 9.59 Å². The number of hydrogen-bond donors (Lipinski definition) is 1. The fourth-order valence-electron chi connectivity index (χ4n) is 3.08. The second-order valence-electron chi connectivity index (χ2n) is 5.45. The quantitative estimate of drug-likeness (QED) is 0.929. The van der Waals surface area contributed by atoms with Gasteiger partial charge in [0.1, 0.15) is 11.3 Å². The first kappa shape index (κ1) is 14.4. The fourth-order valence-corrected chi connectivity index (χ4v) is 3.08. The lowest BCUT2D eigenvalue weighted by atomic mass is 10.1. The highest BCUT2D eigenvalue weighted by molar-refractivity contribution is 5.92. The van der Waals surface area contributed by atoms with Gasteiger partial charge in [0.15, 0.2) is 5.43 Å². The summed E-state index contributed by atoms with van der Waals surface area (Å²) in [5.41, 5.74) is 7.93. The second-order valence-corrected chi connectivity index (χ2v) is 5.45. The van der Waals surface area contributed by atoms with Crippen molar-refractivity contribution in [2.45, 2.75) is 25.8 Å². The van der Waals surface area contributed by atoms with Gasteiger partial charge in [-0.1, -0.05) is 18.2 Å². The highest BCUT2D eigenvalue weighted by Gasteiger charge is 2.22. The van der Waals surface area contributed by atoms with Crippen LogP contribution < -0.4 is 15.9 Å². The van der Waals surface area contributed by atoms with Gasteiger partial charge >= 0.3 is 0 Å². The van der Waals surface area contributed by atoms with Crippen LogP contribution in [0.4, 0.5) is 0 Å². The summed E-state index contributed by atoms with van der Waals surface area (Å²) in [5, 5.41) is 0. The van der Waals surface area contributed by atoms with E-state index in [0.29, 0.717) is 13.0 Å². The van der Waals surface area contributed by atoms with E-state index in [1.165, 1.54) is 0 Å². The van der Waals surface area contributed by atoms with Crippen LogP contribution in [-0.2, 0) is 19.4 Å². The molecule has 0 saturated carbocycles. The molecule has 1 heterocycles. The number of aromatic nitrogens is 1. The Morgan fingerprint density at radius 2 is 2.09 bits per heavy atom. The van der Waals surface area contributed by atoms with Gasteiger partial charge in [-0.15, -0.1) is 0 Å². The van der Waals surface area contributed by atoms with Crippen molar-refractivity contribution in [3.8, 4) is 5.75 Å². The smallest absolute Gasteiger partial charge is 0.254 e. The molecular weight excluding hydrogens is 280 g/mol. The SMILES string of the molecule is COc1ccccc1Cn1cc(C(N)=O)c(=O)c2c1CCC2. The number of carbonyl (C=O) groups excluding carboxylic acids is 1. The van der Waals surface area contributed by atoms with Crippen LogP contribution in [-0.4, -0.2) is 17.6 Å². The summed E-state index contributed by atoms with van der Waals surface area (Å²) < 4.78 is 7.33. The Hall–Kier alpha value is -2.56. The summed E-state index contributed by atoms with van der Waals surface area (Å²) in [4.78, 5) is 23.8. The molecule has 0 atom stereocenters. The largest absolute Gasteiger partial charge is 0.496 e. The topological polar surface area (TPSA) is 74.3 Å². The first-order valence-electron chi connectivity index (χ1n) is 7.28. The number of benzene rings is 1. The number of para-hydroxylation sites is 1. The maximum Gasteiger partial charge on any atom is 0.254 e. The third-order valence-corrected chi connectivity index (χ3v) is 4.14. The van der Waals surface area contributed by atoms with E-state index in [-0.39, 0.29) is 11.0 Å². The van der Waals surface area contributed by atoms with E-state index in [2.05, 4.69) is 0 Å². The van der Waals surface area contributed by atoms with Gasteiger partial charge in [0.25, 0.3) is 5.91 Å². The number of nitrogens with zero attached hydrogens (tertiary/aromatic N) is 1. The summed E-state index contributed by atoms with van der Waals surface area (Å²) in [6.07, 6.45) is 4.07. The summed E-state index contributed by atoms with van der Waals surface area (Å²) in [5.74, 6) is 0.113. The van der Waals surface area contributed by atoms with E-state index in [9.17, 15) is 9.59 Å². The van der Waals surface area contributed by atoms with Crippen molar-refractivity contribution in [1.29, 1.82) is 0 Å². The van der Waals surface area contributed by atoms with E-state index in [4.69, 9.17) is 10.5 Å². The van der Waals surface area contributed by atoms with Crippen molar-refractivity contribution in [2.75, 3.05) is 7.11 Å². The standard InChI is InChI=1S/C17H18N2O3/c1-22-15-8-3-2-5-11(15)9-19-10-13(17(18)21)16(20)12-6-4-7-14(12)19/h2-3,5,8,10H,4,6-7,9H2,1H3,(H2,18,21). The molecule has 1 aromatic carbocycles. The number of primary amides is 1. The predicted molar refractivity (Wildman–Crippen MR) is 83.3 cm³/mol. The van der Waals surface area contributed by atoms with Gasteiger partial charge in [-0.2, -0.15) is 0 Å². The van der Waals surface area contributed by atoms with Crippen molar-refractivity contribution < 1.29 is 9.53 Å². The van der Waals surface area contributed by atoms with Crippen LogP contribution in [0.2, 0.25) is 0 Å². The number of ether oxygens (including phenoxy) is 1. The molecular formula is C17H18N2O3. The zero-order chi connectivity index (χ0) is 15.7. The Balaban J connectivity index is 2.11. The number of rotatable bonds is 4. The predicted octanol–water partition coefficient (Wildman–Crippen LogP) is 1.49. The molecule has 5 nitrogen and oxygen atoms in total. The maximum atomic E-state index is 12.3. The molecule has 22 heavy (non-hydrogen) atoms. The maximum absolute atomic E-state index is 12.3. The normalized spacial score (nSPS) is 13.0. The van der Waals surface area contributed by atoms with E-state index in [1.54, 1.807) is 13.3 Å². The number of fused-ring (bicyclic) bond motifs is 1. The molecule has 5 heteroatoms. The molecule has 1 aliphatic carbocycles. The molecule has 2 aromatic rings. The number of methoxy groups -OCH3 is 1. The minimum Gasteiger partial charge on any atom is -0.496 e. The number of carbonyl (C=O) groups is 1. The molecule has 114 valence electrons. The average Bonchev–Trinajstić information content (AvgIpc) is 3.00. The fraction of sp³-hybridized carbons (Fsp3) is 0.294. The molecule has 0 fully saturated rings. The lowest BCUT2D eigenvalue weighted by molar-refractivity contribution is 0.0998. The van der Waals surface area contributed by atoms with Gasteiger partial charge in [0.2, 0.25) is 0 Å². The van der Waals surface area contributed by atoms with E-state index in [1.807, 2.05) is 28.8 Å². The lowest BCUT2D eigenvalue weighted by Crippen LogP contribution is -2.27. The van der Waals surface area contributed by atoms with Crippen molar-refractivity contribution in [3.63, 3.8) is 0 Å². The van der Waals surface area contributed by atoms with Crippen LogP contribution in [0.25, 0.3) is 0 Å². The van der Waals surface area contributed by atoms with Gasteiger partial charge in [0.05, 0.1) is 13.7 Å². The summed E-state index contributed by atoms with van der Waals surface area (Å²) in [7, 11) is 1.63. The van der Waals surface area contributed by atoms with Crippen molar-refractivity contribution >= 4 is 5.91 Å². The van der Waals surface area contributed by atoms with Gasteiger partial charge in [0, 0.05) is 23.0 Å². The Morgan fingerprint density at radius 1 is 1.32 bits per heavy atom. The molecule has 1 aliphatic rings. The highest BCUT2D eigenvalue weighted by Crippen LogP contribution is 2.23. The minimum absolute atomic E-state index is 0.0653. The average molecular weight is 298 g/mol. The zero-order valence-corrected chi connectivity index (χ0v) is 12.5. The van der Waals surface area contributed by atoms with Crippen molar-refractivity contribution in [1.82, 2.24) is 4.57 Å². The number of nitrogens with two attached hydrogens (primary N) is 1. The first-order chi connectivity index (χ1) is 10.6. The molecule has 0 unspecified atom stereocenters. The summed E-state index contributed by atoms with van der Waals surface area (Å²) >= 11 is 0. The number of pyridine rings is 1. The third-order valence-electron chi connectivity index (χ3n) is 4.14. The molecule has 0 aliphatic heterocycles. The number of hydrogen-bond acceptors (Lipinski definition) is 3. The molecule has 0 spiro atoms. The van der Waals surface area contributed by atoms with Crippen molar-refractivity contribution in [3.05, 3.63) is 63.1 Å². The summed E-state index contributed by atoms with van der Waals surface area (Å²) in [6.45, 7) is 0.549. The third kappa shape index (κ3) is 2.39. The Labute approximate surface area is 128 Å². The summed E-state index contributed by atoms with van der Waals surface area (Å²) in [6, 6.07) is 7.72. The molecule has 2 N–H and O–H groups in total. The van der Waals surface area contributed by atoms with E-state index >= 15 is 0 Å². The monoisotopic (exact) mass is 298 g/mol. The van der Waals surface area contributed by atoms with E-state index < -0.39 is 5.91 Å². The molecule has 0 bridgehead atoms. The van der Waals surface area contributed by atoms with Crippen LogP contribution in [0.3, 0.4) is 0 Å². The highest BCUT2D eigenvalue weighted by atomic mass is 16.5. The Kier molecular flexibility index (Phi) is 3.71. The van der Waals surface area contributed by atoms with Crippen LogP contribution >= 0.6 is 0 Å². The zero-order valence-electron chi connectivity index (χ0n) is 12.5. The molecule has 1 amide bonds. The Bertz CT molecular complexity index is 793.